The maximum absolute atomic E-state index is 12.5. The lowest BCUT2D eigenvalue weighted by Gasteiger charge is -2.40. The Hall–Kier alpha value is -1.07. The molecule has 1 rings (SSSR count). The molecular formula is C15H22F3NO. The van der Waals surface area contributed by atoms with Gasteiger partial charge in [0.2, 0.25) is 0 Å². The quantitative estimate of drug-likeness (QED) is 0.881. The summed E-state index contributed by atoms with van der Waals surface area (Å²) in [4.78, 5) is 0. The Kier molecular flexibility index (Phi) is 4.56. The van der Waals surface area contributed by atoms with Crippen molar-refractivity contribution < 1.29 is 18.3 Å². The largest absolute Gasteiger partial charge is 0.416 e. The highest BCUT2D eigenvalue weighted by Gasteiger charge is 2.36. The van der Waals surface area contributed by atoms with Crippen molar-refractivity contribution in [1.29, 1.82) is 0 Å². The number of rotatable bonds is 4. The molecule has 20 heavy (non-hydrogen) atoms. The van der Waals surface area contributed by atoms with Crippen molar-refractivity contribution in [3.8, 4) is 0 Å². The summed E-state index contributed by atoms with van der Waals surface area (Å²) < 4.78 is 37.5. The Labute approximate surface area is 118 Å². The van der Waals surface area contributed by atoms with Crippen LogP contribution >= 0.6 is 0 Å². The molecule has 1 aromatic rings. The monoisotopic (exact) mass is 289 g/mol. The van der Waals surface area contributed by atoms with Gasteiger partial charge in [-0.15, -0.1) is 0 Å². The van der Waals surface area contributed by atoms with Crippen LogP contribution in [0.5, 0.6) is 0 Å². The van der Waals surface area contributed by atoms with Crippen LogP contribution in [-0.4, -0.2) is 16.2 Å². The summed E-state index contributed by atoms with van der Waals surface area (Å²) in [6, 6.07) is 4.90. The van der Waals surface area contributed by atoms with E-state index >= 15 is 0 Å². The lowest BCUT2D eigenvalue weighted by molar-refractivity contribution is -0.137. The smallest absolute Gasteiger partial charge is 0.389 e. The summed E-state index contributed by atoms with van der Waals surface area (Å²) in [5.74, 6) is 0. The van der Waals surface area contributed by atoms with E-state index in [0.29, 0.717) is 0 Å². The Bertz CT molecular complexity index is 444. The Morgan fingerprint density at radius 1 is 1.00 bits per heavy atom. The number of hydrogen-bond acceptors (Lipinski definition) is 2. The van der Waals surface area contributed by atoms with E-state index in [4.69, 9.17) is 0 Å². The molecule has 1 aromatic carbocycles. The molecule has 114 valence electrons. The molecule has 0 radical (unpaired) electrons. The van der Waals surface area contributed by atoms with Crippen molar-refractivity contribution in [2.75, 3.05) is 0 Å². The van der Waals surface area contributed by atoms with E-state index in [2.05, 4.69) is 5.32 Å². The first-order valence-corrected chi connectivity index (χ1v) is 6.52. The lowest BCUT2D eigenvalue weighted by atomic mass is 9.85. The minimum atomic E-state index is -4.32. The number of alkyl halides is 3. The van der Waals surface area contributed by atoms with Crippen LogP contribution < -0.4 is 5.32 Å². The molecule has 2 nitrogen and oxygen atoms in total. The second-order valence-corrected chi connectivity index (χ2v) is 6.17. The number of benzene rings is 1. The van der Waals surface area contributed by atoms with Crippen molar-refractivity contribution in [2.45, 2.75) is 58.0 Å². The standard InChI is InChI=1S/C15H22F3NO/c1-10(19-13(2,3)14(4,5)20)11-6-8-12(9-7-11)15(16,17)18/h6-10,19-20H,1-5H3. The van der Waals surface area contributed by atoms with Crippen molar-refractivity contribution in [1.82, 2.24) is 5.32 Å². The van der Waals surface area contributed by atoms with Gasteiger partial charge in [-0.2, -0.15) is 13.2 Å². The average molecular weight is 289 g/mol. The third kappa shape index (κ3) is 3.96. The van der Waals surface area contributed by atoms with E-state index in [1.807, 2.05) is 20.8 Å². The second-order valence-electron chi connectivity index (χ2n) is 6.17. The third-order valence-electron chi connectivity index (χ3n) is 3.84. The molecule has 1 unspecified atom stereocenters. The van der Waals surface area contributed by atoms with Crippen LogP contribution in [0.3, 0.4) is 0 Å². The normalized spacial score (nSPS) is 15.2. The van der Waals surface area contributed by atoms with Crippen LogP contribution in [0.15, 0.2) is 24.3 Å². The molecule has 0 bridgehead atoms. The Balaban J connectivity index is 2.87. The van der Waals surface area contributed by atoms with E-state index in [1.165, 1.54) is 12.1 Å². The van der Waals surface area contributed by atoms with Crippen LogP contribution in [0.2, 0.25) is 0 Å². The lowest BCUT2D eigenvalue weighted by Crippen LogP contribution is -2.56. The summed E-state index contributed by atoms with van der Waals surface area (Å²) >= 11 is 0. The predicted octanol–water partition coefficient (Wildman–Crippen LogP) is 3.91. The molecular weight excluding hydrogens is 267 g/mol. The molecule has 0 aliphatic rings. The summed E-state index contributed by atoms with van der Waals surface area (Å²) in [7, 11) is 0. The zero-order valence-corrected chi connectivity index (χ0v) is 12.5. The minimum Gasteiger partial charge on any atom is -0.389 e. The number of hydrogen-bond donors (Lipinski definition) is 2. The van der Waals surface area contributed by atoms with Crippen LogP contribution in [0, 0.1) is 0 Å². The van der Waals surface area contributed by atoms with Gasteiger partial charge in [0.15, 0.2) is 0 Å². The van der Waals surface area contributed by atoms with Crippen molar-refractivity contribution in [3.05, 3.63) is 35.4 Å². The molecule has 2 N–H and O–H groups in total. The van der Waals surface area contributed by atoms with Gasteiger partial charge in [-0.05, 0) is 52.3 Å². The zero-order chi connectivity index (χ0) is 15.8. The molecule has 0 aliphatic heterocycles. The van der Waals surface area contributed by atoms with E-state index < -0.39 is 22.9 Å². The van der Waals surface area contributed by atoms with Gasteiger partial charge in [-0.1, -0.05) is 12.1 Å². The first-order chi connectivity index (χ1) is 8.84. The number of nitrogens with one attached hydrogen (secondary N) is 1. The van der Waals surface area contributed by atoms with Gasteiger partial charge in [0.05, 0.1) is 11.2 Å². The molecule has 5 heteroatoms. The molecule has 1 atom stereocenters. The van der Waals surface area contributed by atoms with Crippen LogP contribution in [0.1, 0.15) is 51.8 Å². The van der Waals surface area contributed by atoms with Crippen LogP contribution in [0.4, 0.5) is 13.2 Å². The van der Waals surface area contributed by atoms with Gasteiger partial charge < -0.3 is 10.4 Å². The highest BCUT2D eigenvalue weighted by atomic mass is 19.4. The van der Waals surface area contributed by atoms with Crippen molar-refractivity contribution >= 4 is 0 Å². The van der Waals surface area contributed by atoms with E-state index in [9.17, 15) is 18.3 Å². The summed E-state index contributed by atoms with van der Waals surface area (Å²) in [5, 5.41) is 13.3. The SMILES string of the molecule is CC(NC(C)(C)C(C)(C)O)c1ccc(C(F)(F)F)cc1. The average Bonchev–Trinajstić information content (AvgIpc) is 2.26. The molecule has 0 aromatic heterocycles. The summed E-state index contributed by atoms with van der Waals surface area (Å²) in [6.07, 6.45) is -4.32. The predicted molar refractivity (Wildman–Crippen MR) is 73.4 cm³/mol. The van der Waals surface area contributed by atoms with Gasteiger partial charge in [-0.3, -0.25) is 0 Å². The Morgan fingerprint density at radius 3 is 1.80 bits per heavy atom. The fourth-order valence-electron chi connectivity index (χ4n) is 1.76. The van der Waals surface area contributed by atoms with E-state index in [-0.39, 0.29) is 6.04 Å². The highest BCUT2D eigenvalue weighted by Crippen LogP contribution is 2.30. The van der Waals surface area contributed by atoms with Gasteiger partial charge >= 0.3 is 6.18 Å². The molecule has 0 spiro atoms. The first-order valence-electron chi connectivity index (χ1n) is 6.52. The van der Waals surface area contributed by atoms with Crippen LogP contribution in [-0.2, 0) is 6.18 Å². The number of aliphatic hydroxyl groups is 1. The summed E-state index contributed by atoms with van der Waals surface area (Å²) in [5.41, 5.74) is -1.44. The van der Waals surface area contributed by atoms with E-state index in [1.54, 1.807) is 13.8 Å². The second kappa shape index (κ2) is 5.37. The molecule has 0 saturated carbocycles. The molecule has 0 heterocycles. The highest BCUT2D eigenvalue weighted by molar-refractivity contribution is 5.26. The maximum atomic E-state index is 12.5. The summed E-state index contributed by atoms with van der Waals surface area (Å²) in [6.45, 7) is 8.95. The van der Waals surface area contributed by atoms with Crippen molar-refractivity contribution in [3.63, 3.8) is 0 Å². The Morgan fingerprint density at radius 2 is 1.45 bits per heavy atom. The fourth-order valence-corrected chi connectivity index (χ4v) is 1.76. The van der Waals surface area contributed by atoms with Crippen LogP contribution in [0.25, 0.3) is 0 Å². The first kappa shape index (κ1) is 17.0. The van der Waals surface area contributed by atoms with Gasteiger partial charge in [0, 0.05) is 11.6 Å². The number of halogens is 3. The third-order valence-corrected chi connectivity index (χ3v) is 3.84. The molecule has 0 saturated heterocycles. The van der Waals surface area contributed by atoms with Gasteiger partial charge in [0.25, 0.3) is 0 Å². The topological polar surface area (TPSA) is 32.3 Å². The fraction of sp³-hybridized carbons (Fsp3) is 0.600. The van der Waals surface area contributed by atoms with E-state index in [0.717, 1.165) is 17.7 Å². The minimum absolute atomic E-state index is 0.168. The van der Waals surface area contributed by atoms with Gasteiger partial charge in [0.1, 0.15) is 0 Å². The van der Waals surface area contributed by atoms with Crippen molar-refractivity contribution in [2.24, 2.45) is 0 Å². The molecule has 0 fully saturated rings. The zero-order valence-electron chi connectivity index (χ0n) is 12.5. The molecule has 0 aliphatic carbocycles. The maximum Gasteiger partial charge on any atom is 0.416 e. The molecule has 0 amide bonds. The van der Waals surface area contributed by atoms with Gasteiger partial charge in [-0.25, -0.2) is 0 Å².